The molecule has 0 bridgehead atoms. The lowest BCUT2D eigenvalue weighted by Crippen LogP contribution is -2.42. The second-order valence-electron chi connectivity index (χ2n) is 6.58. The molecule has 2 aromatic carbocycles. The first kappa shape index (κ1) is 24.9. The van der Waals surface area contributed by atoms with E-state index >= 15 is 0 Å². The highest BCUT2D eigenvalue weighted by Crippen LogP contribution is 2.25. The van der Waals surface area contributed by atoms with Gasteiger partial charge in [-0.15, -0.1) is 24.0 Å². The molecule has 0 heterocycles. The van der Waals surface area contributed by atoms with Crippen molar-refractivity contribution >= 4 is 29.9 Å². The fourth-order valence-corrected chi connectivity index (χ4v) is 2.84. The van der Waals surface area contributed by atoms with Gasteiger partial charge in [0.1, 0.15) is 23.4 Å². The van der Waals surface area contributed by atoms with Gasteiger partial charge in [-0.3, -0.25) is 4.99 Å². The van der Waals surface area contributed by atoms with E-state index in [2.05, 4.69) is 28.6 Å². The molecule has 0 fully saturated rings. The normalized spacial score (nSPS) is 12.9. The van der Waals surface area contributed by atoms with Crippen molar-refractivity contribution in [2.45, 2.75) is 25.9 Å². The number of guanidine groups is 1. The monoisotopic (exact) mass is 513 g/mol. The van der Waals surface area contributed by atoms with Crippen molar-refractivity contribution in [2.75, 3.05) is 34.4 Å². The fraction of sp³-hybridized carbons (Fsp3) is 0.409. The Labute approximate surface area is 191 Å². The number of nitrogens with one attached hydrogen (secondary N) is 2. The molecule has 0 saturated heterocycles. The van der Waals surface area contributed by atoms with Gasteiger partial charge in [-0.05, 0) is 30.7 Å². The van der Waals surface area contributed by atoms with Crippen molar-refractivity contribution in [3.63, 3.8) is 0 Å². The first-order valence-electron chi connectivity index (χ1n) is 9.45. The number of nitrogens with zero attached hydrogens (tertiary/aromatic N) is 1. The summed E-state index contributed by atoms with van der Waals surface area (Å²) in [4.78, 5) is 4.29. The van der Waals surface area contributed by atoms with Crippen LogP contribution in [0.2, 0.25) is 0 Å². The van der Waals surface area contributed by atoms with Crippen LogP contribution >= 0.6 is 24.0 Å². The summed E-state index contributed by atoms with van der Waals surface area (Å²) >= 11 is 0. The van der Waals surface area contributed by atoms with E-state index in [-0.39, 0.29) is 36.0 Å². The van der Waals surface area contributed by atoms with Gasteiger partial charge in [-0.1, -0.05) is 31.2 Å². The highest BCUT2D eigenvalue weighted by atomic mass is 127. The standard InChI is InChI=1S/C22H31N3O3.HI/c1-16(20-11-6-7-12-21(20)27-5)14-24-22(23-3)25-15-17(2)28-19-10-8-9-18(13-19)26-4;/h6-13,16-17H,14-15H2,1-5H3,(H2,23,24,25);1H. The van der Waals surface area contributed by atoms with E-state index in [0.717, 1.165) is 29.8 Å². The van der Waals surface area contributed by atoms with E-state index in [1.165, 1.54) is 5.56 Å². The zero-order valence-electron chi connectivity index (χ0n) is 17.8. The Morgan fingerprint density at radius 3 is 2.31 bits per heavy atom. The third-order valence-electron chi connectivity index (χ3n) is 4.40. The van der Waals surface area contributed by atoms with E-state index in [0.29, 0.717) is 6.54 Å². The summed E-state index contributed by atoms with van der Waals surface area (Å²) in [6.45, 7) is 5.54. The lowest BCUT2D eigenvalue weighted by Gasteiger charge is -2.20. The predicted octanol–water partition coefficient (Wildman–Crippen LogP) is 4.06. The Hall–Kier alpha value is -2.16. The average molecular weight is 513 g/mol. The van der Waals surface area contributed by atoms with Crippen LogP contribution in [0, 0.1) is 0 Å². The molecule has 0 spiro atoms. The SMILES string of the molecule is CN=C(NCC(C)Oc1cccc(OC)c1)NCC(C)c1ccccc1OC.I. The van der Waals surface area contributed by atoms with Crippen molar-refractivity contribution < 1.29 is 14.2 Å². The van der Waals surface area contributed by atoms with Crippen LogP contribution in [0.5, 0.6) is 17.2 Å². The Morgan fingerprint density at radius 2 is 1.62 bits per heavy atom. The van der Waals surface area contributed by atoms with Crippen LogP contribution in [-0.2, 0) is 0 Å². The van der Waals surface area contributed by atoms with Gasteiger partial charge < -0.3 is 24.8 Å². The molecule has 2 unspecified atom stereocenters. The Kier molecular flexibility index (Phi) is 11.3. The molecule has 2 rings (SSSR count). The molecule has 2 atom stereocenters. The molecule has 0 aliphatic heterocycles. The molecule has 0 aliphatic carbocycles. The van der Waals surface area contributed by atoms with Crippen LogP contribution in [0.3, 0.4) is 0 Å². The maximum Gasteiger partial charge on any atom is 0.191 e. The van der Waals surface area contributed by atoms with Gasteiger partial charge in [0.25, 0.3) is 0 Å². The number of para-hydroxylation sites is 1. The number of halogens is 1. The van der Waals surface area contributed by atoms with Crippen molar-refractivity contribution in [2.24, 2.45) is 4.99 Å². The largest absolute Gasteiger partial charge is 0.497 e. The highest BCUT2D eigenvalue weighted by molar-refractivity contribution is 14.0. The minimum atomic E-state index is -0.0303. The van der Waals surface area contributed by atoms with Crippen molar-refractivity contribution in [1.82, 2.24) is 10.6 Å². The van der Waals surface area contributed by atoms with E-state index in [4.69, 9.17) is 14.2 Å². The number of hydrogen-bond donors (Lipinski definition) is 2. The maximum atomic E-state index is 5.94. The molecule has 0 saturated carbocycles. The van der Waals surface area contributed by atoms with Crippen LogP contribution in [0.25, 0.3) is 0 Å². The van der Waals surface area contributed by atoms with Gasteiger partial charge in [0, 0.05) is 25.6 Å². The first-order valence-corrected chi connectivity index (χ1v) is 9.45. The summed E-state index contributed by atoms with van der Waals surface area (Å²) in [5.41, 5.74) is 1.17. The lowest BCUT2D eigenvalue weighted by molar-refractivity contribution is 0.223. The van der Waals surface area contributed by atoms with E-state index < -0.39 is 0 Å². The molecule has 0 aliphatic rings. The minimum absolute atomic E-state index is 0. The fourth-order valence-electron chi connectivity index (χ4n) is 2.84. The molecule has 7 heteroatoms. The molecule has 2 N–H and O–H groups in total. The maximum absolute atomic E-state index is 5.94. The summed E-state index contributed by atoms with van der Waals surface area (Å²) in [6.07, 6.45) is -0.0303. The zero-order chi connectivity index (χ0) is 20.4. The third-order valence-corrected chi connectivity index (χ3v) is 4.40. The van der Waals surface area contributed by atoms with Crippen LogP contribution in [-0.4, -0.2) is 46.4 Å². The van der Waals surface area contributed by atoms with Gasteiger partial charge in [0.05, 0.1) is 20.8 Å². The molecular weight excluding hydrogens is 481 g/mol. The average Bonchev–Trinajstić information content (AvgIpc) is 2.73. The molecule has 0 radical (unpaired) electrons. The Bertz CT molecular complexity index is 770. The molecule has 2 aromatic rings. The number of hydrogen-bond acceptors (Lipinski definition) is 4. The molecule has 0 amide bonds. The summed E-state index contributed by atoms with van der Waals surface area (Å²) in [6, 6.07) is 15.7. The lowest BCUT2D eigenvalue weighted by atomic mass is 10.0. The van der Waals surface area contributed by atoms with Crippen molar-refractivity contribution in [3.05, 3.63) is 54.1 Å². The van der Waals surface area contributed by atoms with Crippen LogP contribution in [0.1, 0.15) is 25.3 Å². The number of methoxy groups -OCH3 is 2. The molecular formula is C22H32IN3O3. The van der Waals surface area contributed by atoms with Crippen LogP contribution < -0.4 is 24.8 Å². The Balaban J connectivity index is 0.00000420. The van der Waals surface area contributed by atoms with Crippen molar-refractivity contribution in [3.8, 4) is 17.2 Å². The van der Waals surface area contributed by atoms with Gasteiger partial charge >= 0.3 is 0 Å². The number of ether oxygens (including phenoxy) is 3. The van der Waals surface area contributed by atoms with E-state index in [1.807, 2.05) is 49.4 Å². The van der Waals surface area contributed by atoms with Crippen LogP contribution in [0.4, 0.5) is 0 Å². The third kappa shape index (κ3) is 8.00. The number of benzene rings is 2. The van der Waals surface area contributed by atoms with Gasteiger partial charge in [-0.2, -0.15) is 0 Å². The molecule has 29 heavy (non-hydrogen) atoms. The summed E-state index contributed by atoms with van der Waals surface area (Å²) in [5, 5.41) is 6.67. The zero-order valence-corrected chi connectivity index (χ0v) is 20.1. The number of rotatable bonds is 9. The smallest absolute Gasteiger partial charge is 0.191 e. The van der Waals surface area contributed by atoms with Crippen molar-refractivity contribution in [1.29, 1.82) is 0 Å². The summed E-state index contributed by atoms with van der Waals surface area (Å²) in [5.74, 6) is 3.48. The van der Waals surface area contributed by atoms with E-state index in [9.17, 15) is 0 Å². The molecule has 0 aromatic heterocycles. The van der Waals surface area contributed by atoms with Gasteiger partial charge in [0.2, 0.25) is 0 Å². The summed E-state index contributed by atoms with van der Waals surface area (Å²) in [7, 11) is 5.10. The topological polar surface area (TPSA) is 64.1 Å². The van der Waals surface area contributed by atoms with Crippen LogP contribution in [0.15, 0.2) is 53.5 Å². The minimum Gasteiger partial charge on any atom is -0.497 e. The molecule has 6 nitrogen and oxygen atoms in total. The first-order chi connectivity index (χ1) is 13.6. The summed E-state index contributed by atoms with van der Waals surface area (Å²) < 4.78 is 16.6. The number of aliphatic imine (C=N–C) groups is 1. The highest BCUT2D eigenvalue weighted by Gasteiger charge is 2.12. The van der Waals surface area contributed by atoms with Gasteiger partial charge in [-0.25, -0.2) is 0 Å². The molecule has 160 valence electrons. The predicted molar refractivity (Wildman–Crippen MR) is 129 cm³/mol. The van der Waals surface area contributed by atoms with Gasteiger partial charge in [0.15, 0.2) is 5.96 Å². The second-order valence-corrected chi connectivity index (χ2v) is 6.58. The quantitative estimate of drug-likeness (QED) is 0.301. The second kappa shape index (κ2) is 13.1. The van der Waals surface area contributed by atoms with E-state index in [1.54, 1.807) is 21.3 Å². The Morgan fingerprint density at radius 1 is 0.931 bits per heavy atom.